The maximum absolute atomic E-state index is 12.9. The first-order chi connectivity index (χ1) is 7.54. The van der Waals surface area contributed by atoms with Gasteiger partial charge in [-0.25, -0.2) is 4.39 Å². The number of carboxylic acid groups (broad SMARTS) is 1. The summed E-state index contributed by atoms with van der Waals surface area (Å²) in [6.45, 7) is 0. The summed E-state index contributed by atoms with van der Waals surface area (Å²) in [5.41, 5.74) is 0. The van der Waals surface area contributed by atoms with Crippen LogP contribution in [0.1, 0.15) is 32.1 Å². The summed E-state index contributed by atoms with van der Waals surface area (Å²) in [6, 6.07) is 0. The molecule has 0 amide bonds. The summed E-state index contributed by atoms with van der Waals surface area (Å²) in [5.74, 6) is -2.36. The van der Waals surface area contributed by atoms with Gasteiger partial charge >= 0.3 is 11.9 Å². The smallest absolute Gasteiger partial charge is 0.307 e. The fraction of sp³-hybridized carbons (Fsp3) is 0.818. The van der Waals surface area contributed by atoms with Crippen LogP contribution in [0.2, 0.25) is 0 Å². The van der Waals surface area contributed by atoms with Crippen molar-refractivity contribution in [2.75, 3.05) is 7.11 Å². The highest BCUT2D eigenvalue weighted by Crippen LogP contribution is 2.33. The van der Waals surface area contributed by atoms with Crippen LogP contribution < -0.4 is 0 Å². The van der Waals surface area contributed by atoms with Gasteiger partial charge in [-0.05, 0) is 31.6 Å². The monoisotopic (exact) mass is 232 g/mol. The largest absolute Gasteiger partial charge is 0.481 e. The third-order valence-corrected chi connectivity index (χ3v) is 3.20. The number of esters is 1. The molecule has 4 nitrogen and oxygen atoms in total. The van der Waals surface area contributed by atoms with Gasteiger partial charge in [0.25, 0.3) is 0 Å². The van der Waals surface area contributed by atoms with Gasteiger partial charge in [-0.2, -0.15) is 0 Å². The highest BCUT2D eigenvalue weighted by molar-refractivity contribution is 5.78. The van der Waals surface area contributed by atoms with Crippen molar-refractivity contribution in [3.63, 3.8) is 0 Å². The lowest BCUT2D eigenvalue weighted by molar-refractivity contribution is -0.152. The molecule has 0 radical (unpaired) electrons. The van der Waals surface area contributed by atoms with E-state index < -0.39 is 24.0 Å². The van der Waals surface area contributed by atoms with Crippen LogP contribution in [0.25, 0.3) is 0 Å². The van der Waals surface area contributed by atoms with E-state index in [1.165, 1.54) is 7.11 Å². The number of rotatable bonds is 4. The molecule has 5 heteroatoms. The van der Waals surface area contributed by atoms with E-state index in [0.29, 0.717) is 25.7 Å². The van der Waals surface area contributed by atoms with Gasteiger partial charge in [-0.15, -0.1) is 0 Å². The molecule has 0 aromatic carbocycles. The van der Waals surface area contributed by atoms with Gasteiger partial charge < -0.3 is 9.84 Å². The van der Waals surface area contributed by atoms with E-state index in [2.05, 4.69) is 4.74 Å². The van der Waals surface area contributed by atoms with E-state index in [1.807, 2.05) is 0 Å². The third-order valence-electron chi connectivity index (χ3n) is 3.20. The highest BCUT2D eigenvalue weighted by atomic mass is 19.1. The van der Waals surface area contributed by atoms with Crippen molar-refractivity contribution in [1.82, 2.24) is 0 Å². The zero-order chi connectivity index (χ0) is 12.1. The van der Waals surface area contributed by atoms with Crippen molar-refractivity contribution in [2.45, 2.75) is 38.3 Å². The number of methoxy groups -OCH3 is 1. The Bertz CT molecular complexity index is 259. The van der Waals surface area contributed by atoms with E-state index in [4.69, 9.17) is 5.11 Å². The van der Waals surface area contributed by atoms with E-state index in [9.17, 15) is 14.0 Å². The van der Waals surface area contributed by atoms with E-state index in [1.54, 1.807) is 0 Å². The number of hydrogen-bond donors (Lipinski definition) is 1. The van der Waals surface area contributed by atoms with Crippen molar-refractivity contribution in [2.24, 2.45) is 11.8 Å². The predicted octanol–water partition coefficient (Wildman–Crippen LogP) is 1.78. The molecule has 1 atom stereocenters. The van der Waals surface area contributed by atoms with Gasteiger partial charge in [0.05, 0.1) is 19.4 Å². The predicted molar refractivity (Wildman–Crippen MR) is 54.6 cm³/mol. The van der Waals surface area contributed by atoms with Crippen LogP contribution in [0.3, 0.4) is 0 Å². The number of alkyl halides is 1. The van der Waals surface area contributed by atoms with Gasteiger partial charge in [-0.1, -0.05) is 0 Å². The van der Waals surface area contributed by atoms with Crippen LogP contribution in [0.4, 0.5) is 4.39 Å². The number of carboxylic acids is 1. The molecule has 0 aromatic rings. The summed E-state index contributed by atoms with van der Waals surface area (Å²) in [7, 11) is 1.24. The molecule has 0 bridgehead atoms. The second kappa shape index (κ2) is 5.82. The second-order valence-corrected chi connectivity index (χ2v) is 4.24. The molecule has 0 heterocycles. The second-order valence-electron chi connectivity index (χ2n) is 4.24. The van der Waals surface area contributed by atoms with Crippen LogP contribution in [-0.2, 0) is 14.3 Å². The fourth-order valence-corrected chi connectivity index (χ4v) is 2.20. The first-order valence-electron chi connectivity index (χ1n) is 5.48. The van der Waals surface area contributed by atoms with Gasteiger partial charge in [0.15, 0.2) is 0 Å². The van der Waals surface area contributed by atoms with Crippen molar-refractivity contribution in [1.29, 1.82) is 0 Å². The van der Waals surface area contributed by atoms with Crippen molar-refractivity contribution in [3.05, 3.63) is 0 Å². The third kappa shape index (κ3) is 3.47. The Morgan fingerprint density at radius 3 is 2.38 bits per heavy atom. The summed E-state index contributed by atoms with van der Waals surface area (Å²) in [6.07, 6.45) is 0.937. The molecule has 1 rings (SSSR count). The lowest BCUT2D eigenvalue weighted by Crippen LogP contribution is -2.30. The summed E-state index contributed by atoms with van der Waals surface area (Å²) < 4.78 is 17.4. The summed E-state index contributed by atoms with van der Waals surface area (Å²) in [5, 5.41) is 9.03. The average molecular weight is 232 g/mol. The van der Waals surface area contributed by atoms with E-state index in [-0.39, 0.29) is 12.3 Å². The molecule has 1 aliphatic carbocycles. The van der Waals surface area contributed by atoms with Crippen LogP contribution in [0, 0.1) is 11.8 Å². The number of aliphatic carboxylic acids is 1. The molecular weight excluding hydrogens is 215 g/mol. The van der Waals surface area contributed by atoms with E-state index in [0.717, 1.165) is 0 Å². The lowest BCUT2D eigenvalue weighted by Gasteiger charge is -2.28. The average Bonchev–Trinajstić information content (AvgIpc) is 2.26. The number of hydrogen-bond acceptors (Lipinski definition) is 3. The molecule has 1 aliphatic rings. The highest BCUT2D eigenvalue weighted by Gasteiger charge is 2.33. The Hall–Kier alpha value is -1.13. The number of ether oxygens (including phenoxy) is 1. The maximum atomic E-state index is 12.9. The molecule has 1 N–H and O–H groups in total. The topological polar surface area (TPSA) is 63.6 Å². The van der Waals surface area contributed by atoms with Crippen LogP contribution in [-0.4, -0.2) is 30.3 Å². The lowest BCUT2D eigenvalue weighted by atomic mass is 9.78. The summed E-state index contributed by atoms with van der Waals surface area (Å²) in [4.78, 5) is 22.1. The molecule has 1 saturated carbocycles. The number of carbonyl (C=O) groups is 2. The zero-order valence-electron chi connectivity index (χ0n) is 9.32. The molecule has 92 valence electrons. The van der Waals surface area contributed by atoms with Gasteiger partial charge in [0, 0.05) is 0 Å². The normalized spacial score (nSPS) is 27.1. The van der Waals surface area contributed by atoms with Gasteiger partial charge in [0.1, 0.15) is 6.17 Å². The standard InChI is InChI=1S/C11H17FO4/c1-16-10(13)6-9(11(14)15)7-2-4-8(12)5-3-7/h7-9H,2-6H2,1H3,(H,14,15)/t7?,8?,9-/m0/s1. The minimum absolute atomic E-state index is 0.108. The van der Waals surface area contributed by atoms with Crippen LogP contribution >= 0.6 is 0 Å². The molecule has 16 heavy (non-hydrogen) atoms. The first-order valence-corrected chi connectivity index (χ1v) is 5.48. The molecule has 1 fully saturated rings. The van der Waals surface area contributed by atoms with Gasteiger partial charge in [-0.3, -0.25) is 9.59 Å². The van der Waals surface area contributed by atoms with Crippen molar-refractivity contribution < 1.29 is 23.8 Å². The van der Waals surface area contributed by atoms with Gasteiger partial charge in [0.2, 0.25) is 0 Å². The molecule has 0 unspecified atom stereocenters. The molecule has 0 aliphatic heterocycles. The zero-order valence-corrected chi connectivity index (χ0v) is 9.32. The minimum atomic E-state index is -0.993. The first kappa shape index (κ1) is 12.9. The van der Waals surface area contributed by atoms with Crippen LogP contribution in [0.5, 0.6) is 0 Å². The Kier molecular flexibility index (Phi) is 4.71. The molecule has 0 spiro atoms. The Balaban J connectivity index is 2.56. The Labute approximate surface area is 93.8 Å². The quantitative estimate of drug-likeness (QED) is 0.750. The SMILES string of the molecule is COC(=O)C[C@H](C(=O)O)C1CCC(F)CC1. The van der Waals surface area contributed by atoms with E-state index >= 15 is 0 Å². The molecule has 0 saturated heterocycles. The Morgan fingerprint density at radius 1 is 1.38 bits per heavy atom. The van der Waals surface area contributed by atoms with Crippen molar-refractivity contribution >= 4 is 11.9 Å². The van der Waals surface area contributed by atoms with Crippen molar-refractivity contribution in [3.8, 4) is 0 Å². The number of carbonyl (C=O) groups excluding carboxylic acids is 1. The molecule has 0 aromatic heterocycles. The molecular formula is C11H17FO4. The number of halogens is 1. The summed E-state index contributed by atoms with van der Waals surface area (Å²) >= 11 is 0. The Morgan fingerprint density at radius 2 is 1.94 bits per heavy atom. The minimum Gasteiger partial charge on any atom is -0.481 e. The van der Waals surface area contributed by atoms with Crippen LogP contribution in [0.15, 0.2) is 0 Å². The fourth-order valence-electron chi connectivity index (χ4n) is 2.20. The maximum Gasteiger partial charge on any atom is 0.307 e.